The number of nitrogens with one attached hydrogen (secondary N) is 1. The van der Waals surface area contributed by atoms with Crippen LogP contribution in [0, 0.1) is 0 Å². The Morgan fingerprint density at radius 1 is 1.17 bits per heavy atom. The largest absolute Gasteiger partial charge is 0.387 e. The molecule has 5 nitrogen and oxygen atoms in total. The molecule has 1 aromatic carbocycles. The fourth-order valence-corrected chi connectivity index (χ4v) is 4.15. The molecular weight excluding hydrogens is 340 g/mol. The van der Waals surface area contributed by atoms with E-state index >= 15 is 0 Å². The highest BCUT2D eigenvalue weighted by molar-refractivity contribution is 7.98. The molecule has 0 amide bonds. The molecule has 3 heterocycles. The maximum Gasteiger partial charge on any atom is 0.275 e. The smallest absolute Gasteiger partial charge is 0.275 e. The van der Waals surface area contributed by atoms with Crippen molar-refractivity contribution in [3.8, 4) is 5.69 Å². The third kappa shape index (κ3) is 2.28. The molecule has 0 atom stereocenters. The Hall–Kier alpha value is -2.38. The van der Waals surface area contributed by atoms with Gasteiger partial charge < -0.3 is 5.32 Å². The SMILES string of the molecule is CNc1ccnc2sc3c(=O)n(-c4ccc(SC)cc4)cnc3c12. The minimum atomic E-state index is -0.0676. The average molecular weight is 354 g/mol. The van der Waals surface area contributed by atoms with Crippen molar-refractivity contribution in [1.82, 2.24) is 14.5 Å². The third-order valence-corrected chi connectivity index (χ3v) is 5.72. The van der Waals surface area contributed by atoms with Gasteiger partial charge in [-0.3, -0.25) is 9.36 Å². The molecule has 0 aliphatic heterocycles. The summed E-state index contributed by atoms with van der Waals surface area (Å²) < 4.78 is 2.21. The second-order valence-corrected chi connectivity index (χ2v) is 7.06. The predicted octanol–water partition coefficient (Wildman–Crippen LogP) is 3.76. The Bertz CT molecular complexity index is 1100. The van der Waals surface area contributed by atoms with E-state index in [1.165, 1.54) is 11.3 Å². The maximum atomic E-state index is 12.9. The zero-order valence-corrected chi connectivity index (χ0v) is 14.7. The van der Waals surface area contributed by atoms with Crippen LogP contribution in [-0.2, 0) is 0 Å². The van der Waals surface area contributed by atoms with Crippen LogP contribution in [0.5, 0.6) is 0 Å². The van der Waals surface area contributed by atoms with Crippen molar-refractivity contribution in [1.29, 1.82) is 0 Å². The topological polar surface area (TPSA) is 59.8 Å². The molecule has 0 aliphatic rings. The molecular formula is C17H14N4OS2. The van der Waals surface area contributed by atoms with Crippen LogP contribution in [0.25, 0.3) is 26.1 Å². The van der Waals surface area contributed by atoms with Crippen molar-refractivity contribution >= 4 is 49.2 Å². The lowest BCUT2D eigenvalue weighted by molar-refractivity contribution is 0.965. The monoisotopic (exact) mass is 354 g/mol. The first-order valence-electron chi connectivity index (χ1n) is 7.34. The number of thiophene rings is 1. The summed E-state index contributed by atoms with van der Waals surface area (Å²) in [6, 6.07) is 9.77. The van der Waals surface area contributed by atoms with Crippen molar-refractivity contribution in [2.45, 2.75) is 4.90 Å². The highest BCUT2D eigenvalue weighted by Gasteiger charge is 2.15. The van der Waals surface area contributed by atoms with Gasteiger partial charge in [-0.15, -0.1) is 23.1 Å². The number of hydrogen-bond donors (Lipinski definition) is 1. The van der Waals surface area contributed by atoms with E-state index in [-0.39, 0.29) is 5.56 Å². The fraction of sp³-hybridized carbons (Fsp3) is 0.118. The summed E-state index contributed by atoms with van der Waals surface area (Å²) in [4.78, 5) is 23.8. The lowest BCUT2D eigenvalue weighted by atomic mass is 10.2. The molecule has 0 bridgehead atoms. The Morgan fingerprint density at radius 3 is 2.67 bits per heavy atom. The number of aromatic nitrogens is 3. The minimum absolute atomic E-state index is 0.0676. The van der Waals surface area contributed by atoms with Gasteiger partial charge >= 0.3 is 0 Å². The van der Waals surface area contributed by atoms with E-state index in [9.17, 15) is 4.79 Å². The lowest BCUT2D eigenvalue weighted by Crippen LogP contribution is -2.17. The number of hydrogen-bond acceptors (Lipinski definition) is 6. The first-order valence-corrected chi connectivity index (χ1v) is 9.38. The molecule has 7 heteroatoms. The van der Waals surface area contributed by atoms with Crippen molar-refractivity contribution < 1.29 is 0 Å². The van der Waals surface area contributed by atoms with Crippen LogP contribution >= 0.6 is 23.1 Å². The van der Waals surface area contributed by atoms with Gasteiger partial charge in [0.15, 0.2) is 0 Å². The molecule has 1 N–H and O–H groups in total. The maximum absolute atomic E-state index is 12.9. The summed E-state index contributed by atoms with van der Waals surface area (Å²) in [5.41, 5.74) is 2.38. The van der Waals surface area contributed by atoms with Gasteiger partial charge in [0.2, 0.25) is 0 Å². The molecule has 0 aliphatic carbocycles. The van der Waals surface area contributed by atoms with Crippen LogP contribution in [0.2, 0.25) is 0 Å². The van der Waals surface area contributed by atoms with E-state index in [0.29, 0.717) is 10.2 Å². The molecule has 24 heavy (non-hydrogen) atoms. The molecule has 0 saturated carbocycles. The van der Waals surface area contributed by atoms with Crippen LogP contribution in [-0.4, -0.2) is 27.8 Å². The van der Waals surface area contributed by atoms with Crippen molar-refractivity contribution in [3.05, 3.63) is 53.2 Å². The zero-order valence-electron chi connectivity index (χ0n) is 13.1. The number of nitrogens with zero attached hydrogens (tertiary/aromatic N) is 3. The van der Waals surface area contributed by atoms with E-state index in [4.69, 9.17) is 0 Å². The lowest BCUT2D eigenvalue weighted by Gasteiger charge is -2.06. The highest BCUT2D eigenvalue weighted by atomic mass is 32.2. The minimum Gasteiger partial charge on any atom is -0.387 e. The Kier molecular flexibility index (Phi) is 3.74. The quantitative estimate of drug-likeness (QED) is 0.568. The number of pyridine rings is 1. The summed E-state index contributed by atoms with van der Waals surface area (Å²) in [6.45, 7) is 0. The number of thioether (sulfide) groups is 1. The van der Waals surface area contributed by atoms with Gasteiger partial charge in [0, 0.05) is 23.8 Å². The van der Waals surface area contributed by atoms with Crippen molar-refractivity contribution in [2.24, 2.45) is 0 Å². The average Bonchev–Trinajstić information content (AvgIpc) is 3.02. The number of fused-ring (bicyclic) bond motifs is 3. The molecule has 0 radical (unpaired) electrons. The van der Waals surface area contributed by atoms with Crippen LogP contribution in [0.3, 0.4) is 0 Å². The number of anilines is 1. The summed E-state index contributed by atoms with van der Waals surface area (Å²) in [5.74, 6) is 0. The summed E-state index contributed by atoms with van der Waals surface area (Å²) in [7, 11) is 1.85. The molecule has 120 valence electrons. The molecule has 0 fully saturated rings. The second kappa shape index (κ2) is 5.92. The van der Waals surface area contributed by atoms with Gasteiger partial charge in [0.05, 0.1) is 16.6 Å². The van der Waals surface area contributed by atoms with E-state index in [1.807, 2.05) is 43.6 Å². The van der Waals surface area contributed by atoms with Crippen LogP contribution in [0.15, 0.2) is 52.5 Å². The highest BCUT2D eigenvalue weighted by Crippen LogP contribution is 2.33. The van der Waals surface area contributed by atoms with Crippen LogP contribution in [0.1, 0.15) is 0 Å². The van der Waals surface area contributed by atoms with Gasteiger partial charge in [0.1, 0.15) is 15.9 Å². The predicted molar refractivity (Wildman–Crippen MR) is 102 cm³/mol. The first kappa shape index (κ1) is 15.2. The fourth-order valence-electron chi connectivity index (χ4n) is 2.69. The number of rotatable bonds is 3. The first-order chi connectivity index (χ1) is 11.7. The van der Waals surface area contributed by atoms with Gasteiger partial charge in [-0.2, -0.15) is 0 Å². The Labute approximate surface area is 146 Å². The normalized spacial score (nSPS) is 11.2. The van der Waals surface area contributed by atoms with E-state index < -0.39 is 0 Å². The molecule has 0 unspecified atom stereocenters. The molecule has 0 spiro atoms. The van der Waals surface area contributed by atoms with Gasteiger partial charge in [0.25, 0.3) is 5.56 Å². The van der Waals surface area contributed by atoms with E-state index in [2.05, 4.69) is 15.3 Å². The summed E-state index contributed by atoms with van der Waals surface area (Å²) in [6.07, 6.45) is 5.36. The van der Waals surface area contributed by atoms with Gasteiger partial charge in [-0.25, -0.2) is 9.97 Å². The molecule has 4 rings (SSSR count). The molecule has 4 aromatic rings. The Balaban J connectivity index is 1.98. The van der Waals surface area contributed by atoms with Gasteiger partial charge in [-0.05, 0) is 36.6 Å². The van der Waals surface area contributed by atoms with Crippen LogP contribution in [0.4, 0.5) is 5.69 Å². The van der Waals surface area contributed by atoms with Gasteiger partial charge in [-0.1, -0.05) is 0 Å². The van der Waals surface area contributed by atoms with Crippen molar-refractivity contribution in [3.63, 3.8) is 0 Å². The number of benzene rings is 1. The standard InChI is InChI=1S/C17H14N4OS2/c1-18-12-7-8-19-16-13(12)14-15(24-16)17(22)21(9-20-14)10-3-5-11(23-2)6-4-10/h3-9H,1-2H3,(H,18,19). The Morgan fingerprint density at radius 2 is 1.96 bits per heavy atom. The molecule has 3 aromatic heterocycles. The summed E-state index contributed by atoms with van der Waals surface area (Å²) in [5, 5.41) is 4.05. The van der Waals surface area contributed by atoms with E-state index in [1.54, 1.807) is 28.9 Å². The van der Waals surface area contributed by atoms with E-state index in [0.717, 1.165) is 26.5 Å². The molecule has 0 saturated heterocycles. The van der Waals surface area contributed by atoms with Crippen molar-refractivity contribution in [2.75, 3.05) is 18.6 Å². The third-order valence-electron chi connectivity index (χ3n) is 3.90. The van der Waals surface area contributed by atoms with Crippen LogP contribution < -0.4 is 10.9 Å². The summed E-state index contributed by atoms with van der Waals surface area (Å²) >= 11 is 3.05. The second-order valence-electron chi connectivity index (χ2n) is 5.19. The zero-order chi connectivity index (χ0) is 16.7.